The van der Waals surface area contributed by atoms with Gasteiger partial charge in [0.25, 0.3) is 0 Å². The highest BCUT2D eigenvalue weighted by Crippen LogP contribution is 1.96. The van der Waals surface area contributed by atoms with Gasteiger partial charge in [0.05, 0.1) is 0 Å². The Morgan fingerprint density at radius 2 is 2.10 bits per heavy atom. The Bertz CT molecular complexity index is 248. The van der Waals surface area contributed by atoms with Gasteiger partial charge in [-0.25, -0.2) is 4.99 Å². The normalized spacial score (nSPS) is 11.9. The molecule has 0 amide bonds. The summed E-state index contributed by atoms with van der Waals surface area (Å²) in [7, 11) is 0. The zero-order valence-corrected chi connectivity index (χ0v) is 5.50. The molecule has 0 aromatic carbocycles. The van der Waals surface area contributed by atoms with E-state index >= 15 is 0 Å². The van der Waals surface area contributed by atoms with E-state index in [4.69, 9.17) is 16.3 Å². The third-order valence-electron chi connectivity index (χ3n) is 0.740. The number of hydrogen-bond donors (Lipinski definition) is 1. The maximum atomic E-state index is 8.31. The molecule has 0 radical (unpaired) electrons. The van der Waals surface area contributed by atoms with Gasteiger partial charge in [-0.1, -0.05) is 0 Å². The smallest absolute Gasteiger partial charge is 0.173 e. The fourth-order valence-corrected chi connectivity index (χ4v) is 0.341. The van der Waals surface area contributed by atoms with Crippen LogP contribution in [0.3, 0.4) is 0 Å². The van der Waals surface area contributed by atoms with E-state index in [1.807, 2.05) is 0 Å². The molecule has 0 saturated carbocycles. The Morgan fingerprint density at radius 3 is 2.40 bits per heavy atom. The van der Waals surface area contributed by atoms with Gasteiger partial charge in [0, 0.05) is 6.21 Å². The zero-order valence-electron chi connectivity index (χ0n) is 5.50. The van der Waals surface area contributed by atoms with Gasteiger partial charge in [0.15, 0.2) is 5.70 Å². The second-order valence-electron chi connectivity index (χ2n) is 1.37. The maximum absolute atomic E-state index is 8.31. The van der Waals surface area contributed by atoms with E-state index in [1.54, 1.807) is 19.1 Å². The van der Waals surface area contributed by atoms with Crippen LogP contribution >= 0.6 is 0 Å². The van der Waals surface area contributed by atoms with E-state index in [0.717, 1.165) is 0 Å². The molecule has 0 aliphatic carbocycles. The molecule has 50 valence electrons. The van der Waals surface area contributed by atoms with Crippen molar-refractivity contribution in [1.82, 2.24) is 0 Å². The Morgan fingerprint density at radius 1 is 1.50 bits per heavy atom. The molecule has 2 N–H and O–H groups in total. The van der Waals surface area contributed by atoms with E-state index < -0.39 is 0 Å². The van der Waals surface area contributed by atoms with Crippen LogP contribution in [0.2, 0.25) is 0 Å². The van der Waals surface area contributed by atoms with Crippen molar-refractivity contribution in [2.75, 3.05) is 0 Å². The summed E-state index contributed by atoms with van der Waals surface area (Å²) in [4.78, 5) is 3.56. The molecule has 0 spiro atoms. The van der Waals surface area contributed by atoms with Crippen molar-refractivity contribution < 1.29 is 0 Å². The molecule has 0 rings (SSSR count). The molecule has 0 fully saturated rings. The first-order chi connectivity index (χ1) is 4.76. The third kappa shape index (κ3) is 1.97. The van der Waals surface area contributed by atoms with Crippen molar-refractivity contribution >= 4 is 6.21 Å². The zero-order chi connectivity index (χ0) is 7.98. The van der Waals surface area contributed by atoms with E-state index in [0.29, 0.717) is 0 Å². The van der Waals surface area contributed by atoms with Gasteiger partial charge in [-0.2, -0.15) is 10.5 Å². The first kappa shape index (κ1) is 8.19. The molecule has 0 aliphatic heterocycles. The number of nitrogens with two attached hydrogens (primary N) is 1. The minimum Gasteiger partial charge on any atom is -0.388 e. The molecule has 0 bridgehead atoms. The monoisotopic (exact) mass is 134 g/mol. The minimum absolute atomic E-state index is 0.0370. The van der Waals surface area contributed by atoms with Gasteiger partial charge in [0.2, 0.25) is 0 Å². The van der Waals surface area contributed by atoms with Crippen molar-refractivity contribution in [2.24, 2.45) is 10.7 Å². The Balaban J connectivity index is 4.72. The lowest BCUT2D eigenvalue weighted by Gasteiger charge is -1.86. The molecule has 0 aliphatic rings. The summed E-state index contributed by atoms with van der Waals surface area (Å²) in [6.07, 6.45) is 1.41. The van der Waals surface area contributed by atoms with Gasteiger partial charge in [-0.15, -0.1) is 0 Å². The van der Waals surface area contributed by atoms with E-state index in [9.17, 15) is 0 Å². The summed E-state index contributed by atoms with van der Waals surface area (Å²) in [6, 6.07) is 3.31. The Kier molecular flexibility index (Phi) is 3.36. The molecule has 0 unspecified atom stereocenters. The van der Waals surface area contributed by atoms with Crippen LogP contribution in [0, 0.1) is 22.7 Å². The van der Waals surface area contributed by atoms with E-state index in [-0.39, 0.29) is 11.4 Å². The molecule has 4 nitrogen and oxygen atoms in total. The van der Waals surface area contributed by atoms with Crippen molar-refractivity contribution in [3.05, 3.63) is 11.4 Å². The number of nitriles is 2. The average Bonchev–Trinajstić information content (AvgIpc) is 1.99. The molecule has 4 heteroatoms. The standard InChI is InChI=1S/C6H6N4/c1-2-10-6(4-8)5(9)3-7/h2H,9H2,1H3/b6-5-,10-2+. The molecular weight excluding hydrogens is 128 g/mol. The van der Waals surface area contributed by atoms with Gasteiger partial charge in [0.1, 0.15) is 17.8 Å². The van der Waals surface area contributed by atoms with Crippen molar-refractivity contribution in [3.63, 3.8) is 0 Å². The highest BCUT2D eigenvalue weighted by Gasteiger charge is 1.96. The highest BCUT2D eigenvalue weighted by molar-refractivity contribution is 5.57. The lowest BCUT2D eigenvalue weighted by atomic mass is 10.4. The predicted octanol–water partition coefficient (Wildman–Crippen LogP) is 0.295. The topological polar surface area (TPSA) is 86.0 Å². The van der Waals surface area contributed by atoms with Crippen LogP contribution < -0.4 is 5.73 Å². The van der Waals surface area contributed by atoms with Gasteiger partial charge >= 0.3 is 0 Å². The highest BCUT2D eigenvalue weighted by atomic mass is 14.8. The lowest BCUT2D eigenvalue weighted by Crippen LogP contribution is -1.96. The van der Waals surface area contributed by atoms with Crippen LogP contribution in [0.5, 0.6) is 0 Å². The van der Waals surface area contributed by atoms with Crippen LogP contribution in [0.1, 0.15) is 6.92 Å². The van der Waals surface area contributed by atoms with Crippen LogP contribution in [0.15, 0.2) is 16.4 Å². The number of rotatable bonds is 1. The quantitative estimate of drug-likeness (QED) is 0.413. The Labute approximate surface area is 58.9 Å². The molecule has 0 heterocycles. The predicted molar refractivity (Wildman–Crippen MR) is 36.6 cm³/mol. The molecule has 0 aromatic heterocycles. The lowest BCUT2D eigenvalue weighted by molar-refractivity contribution is 1.27. The molecular formula is C6H6N4. The molecule has 0 saturated heterocycles. The average molecular weight is 134 g/mol. The Hall–Kier alpha value is -1.81. The first-order valence-electron chi connectivity index (χ1n) is 2.55. The second kappa shape index (κ2) is 4.11. The molecule has 0 atom stereocenters. The van der Waals surface area contributed by atoms with Crippen molar-refractivity contribution in [2.45, 2.75) is 6.92 Å². The van der Waals surface area contributed by atoms with Crippen LogP contribution in [-0.2, 0) is 0 Å². The number of aliphatic imine (C=N–C) groups is 1. The van der Waals surface area contributed by atoms with Crippen molar-refractivity contribution in [1.29, 1.82) is 10.5 Å². The largest absolute Gasteiger partial charge is 0.388 e. The van der Waals surface area contributed by atoms with E-state index in [1.165, 1.54) is 6.21 Å². The van der Waals surface area contributed by atoms with Gasteiger partial charge in [-0.05, 0) is 6.92 Å². The summed E-state index contributed by atoms with van der Waals surface area (Å²) >= 11 is 0. The molecule has 10 heavy (non-hydrogen) atoms. The summed E-state index contributed by atoms with van der Waals surface area (Å²) in [6.45, 7) is 1.64. The third-order valence-corrected chi connectivity index (χ3v) is 0.740. The summed E-state index contributed by atoms with van der Waals surface area (Å²) < 4.78 is 0. The SMILES string of the molecule is C/C=N/C(C#N)=C(\N)C#N. The van der Waals surface area contributed by atoms with Gasteiger partial charge < -0.3 is 5.73 Å². The van der Waals surface area contributed by atoms with Crippen LogP contribution in [0.4, 0.5) is 0 Å². The maximum Gasteiger partial charge on any atom is 0.173 e. The summed E-state index contributed by atoms with van der Waals surface area (Å²) in [5.74, 6) is 0. The summed E-state index contributed by atoms with van der Waals surface area (Å²) in [5, 5.41) is 16.5. The van der Waals surface area contributed by atoms with Crippen LogP contribution in [0.25, 0.3) is 0 Å². The number of hydrogen-bond acceptors (Lipinski definition) is 4. The fraction of sp³-hybridized carbons (Fsp3) is 0.167. The first-order valence-corrected chi connectivity index (χ1v) is 2.55. The van der Waals surface area contributed by atoms with Crippen molar-refractivity contribution in [3.8, 4) is 12.1 Å². The minimum atomic E-state index is -0.152. The molecule has 0 aromatic rings. The second-order valence-corrected chi connectivity index (χ2v) is 1.37. The van der Waals surface area contributed by atoms with Crippen LogP contribution in [-0.4, -0.2) is 6.21 Å². The number of allylic oxidation sites excluding steroid dienone is 2. The van der Waals surface area contributed by atoms with E-state index in [2.05, 4.69) is 4.99 Å². The fourth-order valence-electron chi connectivity index (χ4n) is 0.341. The number of nitrogens with zero attached hydrogens (tertiary/aromatic N) is 3. The van der Waals surface area contributed by atoms with Gasteiger partial charge in [-0.3, -0.25) is 0 Å². The summed E-state index contributed by atoms with van der Waals surface area (Å²) in [5.41, 5.74) is 4.91.